The number of aromatic nitrogens is 2. The Morgan fingerprint density at radius 1 is 1.50 bits per heavy atom. The van der Waals surface area contributed by atoms with Gasteiger partial charge in [0.2, 0.25) is 5.89 Å². The molecule has 0 saturated carbocycles. The SMILES string of the molecule is CC(NC(=O)c1noc(C2CCCN2)n1)C1CCOC1. The molecule has 2 aliphatic rings. The summed E-state index contributed by atoms with van der Waals surface area (Å²) in [6, 6.07) is 0.140. The molecule has 0 spiro atoms. The number of ether oxygens (including phenoxy) is 1. The minimum Gasteiger partial charge on any atom is -0.381 e. The van der Waals surface area contributed by atoms with Crippen molar-refractivity contribution in [3.63, 3.8) is 0 Å². The predicted octanol–water partition coefficient (Wildman–Crippen LogP) is 0.649. The summed E-state index contributed by atoms with van der Waals surface area (Å²) in [5, 5.41) is 9.95. The van der Waals surface area contributed by atoms with Crippen LogP contribution in [-0.4, -0.2) is 41.8 Å². The largest absolute Gasteiger partial charge is 0.381 e. The molecule has 1 aromatic rings. The van der Waals surface area contributed by atoms with Gasteiger partial charge < -0.3 is 19.9 Å². The van der Waals surface area contributed by atoms with E-state index in [1.54, 1.807) is 0 Å². The average molecular weight is 280 g/mol. The second kappa shape index (κ2) is 5.88. The van der Waals surface area contributed by atoms with Gasteiger partial charge in [-0.3, -0.25) is 4.79 Å². The first-order valence-corrected chi connectivity index (χ1v) is 7.19. The van der Waals surface area contributed by atoms with Crippen LogP contribution in [0.2, 0.25) is 0 Å². The number of nitrogens with one attached hydrogen (secondary N) is 2. The van der Waals surface area contributed by atoms with Crippen LogP contribution in [0.5, 0.6) is 0 Å². The van der Waals surface area contributed by atoms with E-state index in [1.807, 2.05) is 6.92 Å². The maximum Gasteiger partial charge on any atom is 0.292 e. The fourth-order valence-electron chi connectivity index (χ4n) is 2.70. The number of amides is 1. The third-order valence-electron chi connectivity index (χ3n) is 4.03. The Balaban J connectivity index is 1.59. The van der Waals surface area contributed by atoms with E-state index in [-0.39, 0.29) is 23.8 Å². The molecule has 7 nitrogen and oxygen atoms in total. The fraction of sp³-hybridized carbons (Fsp3) is 0.769. The van der Waals surface area contributed by atoms with Crippen molar-refractivity contribution in [2.75, 3.05) is 19.8 Å². The molecule has 7 heteroatoms. The summed E-state index contributed by atoms with van der Waals surface area (Å²) in [7, 11) is 0. The van der Waals surface area contributed by atoms with Crippen molar-refractivity contribution >= 4 is 5.91 Å². The highest BCUT2D eigenvalue weighted by molar-refractivity contribution is 5.90. The monoisotopic (exact) mass is 280 g/mol. The second-order valence-electron chi connectivity index (χ2n) is 5.49. The average Bonchev–Trinajstić information content (AvgIpc) is 3.19. The first kappa shape index (κ1) is 13.5. The van der Waals surface area contributed by atoms with Gasteiger partial charge in [-0.05, 0) is 32.7 Å². The van der Waals surface area contributed by atoms with Gasteiger partial charge in [-0.15, -0.1) is 0 Å². The van der Waals surface area contributed by atoms with Crippen molar-refractivity contribution in [3.05, 3.63) is 11.7 Å². The third-order valence-corrected chi connectivity index (χ3v) is 4.03. The van der Waals surface area contributed by atoms with Crippen molar-refractivity contribution in [1.82, 2.24) is 20.8 Å². The Morgan fingerprint density at radius 2 is 2.40 bits per heavy atom. The Hall–Kier alpha value is -1.47. The number of carbonyl (C=O) groups excluding carboxylic acids is 1. The first-order valence-electron chi connectivity index (χ1n) is 7.19. The summed E-state index contributed by atoms with van der Waals surface area (Å²) in [6.07, 6.45) is 3.04. The Bertz CT molecular complexity index is 464. The maximum atomic E-state index is 12.1. The van der Waals surface area contributed by atoms with Crippen LogP contribution in [0.4, 0.5) is 0 Å². The molecule has 2 aliphatic heterocycles. The molecule has 3 unspecified atom stereocenters. The molecule has 3 rings (SSSR count). The number of nitrogens with zero attached hydrogens (tertiary/aromatic N) is 2. The van der Waals surface area contributed by atoms with Crippen molar-refractivity contribution < 1.29 is 14.1 Å². The third kappa shape index (κ3) is 2.83. The number of hydrogen-bond acceptors (Lipinski definition) is 6. The maximum absolute atomic E-state index is 12.1. The summed E-state index contributed by atoms with van der Waals surface area (Å²) < 4.78 is 10.5. The van der Waals surface area contributed by atoms with E-state index in [2.05, 4.69) is 20.8 Å². The highest BCUT2D eigenvalue weighted by Crippen LogP contribution is 2.21. The molecule has 2 saturated heterocycles. The van der Waals surface area contributed by atoms with Crippen molar-refractivity contribution in [3.8, 4) is 0 Å². The number of rotatable bonds is 4. The van der Waals surface area contributed by atoms with E-state index in [9.17, 15) is 4.79 Å². The molecular weight excluding hydrogens is 260 g/mol. The fourth-order valence-corrected chi connectivity index (χ4v) is 2.70. The lowest BCUT2D eigenvalue weighted by Gasteiger charge is -2.17. The zero-order valence-electron chi connectivity index (χ0n) is 11.6. The van der Waals surface area contributed by atoms with Gasteiger partial charge in [-0.25, -0.2) is 0 Å². The standard InChI is InChI=1S/C13H20N4O3/c1-8(9-4-6-19-7-9)15-12(18)11-16-13(20-17-11)10-3-2-5-14-10/h8-10,14H,2-7H2,1H3,(H,15,18). The summed E-state index contributed by atoms with van der Waals surface area (Å²) >= 11 is 0. The number of carbonyl (C=O) groups is 1. The van der Waals surface area contributed by atoms with E-state index >= 15 is 0 Å². The Morgan fingerprint density at radius 3 is 3.10 bits per heavy atom. The van der Waals surface area contributed by atoms with Gasteiger partial charge in [0.05, 0.1) is 12.6 Å². The molecule has 0 aliphatic carbocycles. The molecule has 1 amide bonds. The van der Waals surface area contributed by atoms with Crippen LogP contribution in [0.3, 0.4) is 0 Å². The van der Waals surface area contributed by atoms with E-state index in [0.717, 1.165) is 32.4 Å². The highest BCUT2D eigenvalue weighted by atomic mass is 16.5. The van der Waals surface area contributed by atoms with Crippen molar-refractivity contribution in [1.29, 1.82) is 0 Å². The van der Waals surface area contributed by atoms with Gasteiger partial charge in [-0.1, -0.05) is 5.16 Å². The van der Waals surface area contributed by atoms with Gasteiger partial charge in [0, 0.05) is 18.6 Å². The van der Waals surface area contributed by atoms with Crippen LogP contribution >= 0.6 is 0 Å². The van der Waals surface area contributed by atoms with E-state index in [4.69, 9.17) is 9.26 Å². The topological polar surface area (TPSA) is 89.3 Å². The van der Waals surface area contributed by atoms with Crippen molar-refractivity contribution in [2.45, 2.75) is 38.3 Å². The molecule has 110 valence electrons. The van der Waals surface area contributed by atoms with Gasteiger partial charge in [0.25, 0.3) is 11.7 Å². The number of hydrogen-bond donors (Lipinski definition) is 2. The lowest BCUT2D eigenvalue weighted by molar-refractivity contribution is 0.0908. The van der Waals surface area contributed by atoms with Gasteiger partial charge >= 0.3 is 0 Å². The molecule has 0 bridgehead atoms. The van der Waals surface area contributed by atoms with Gasteiger partial charge in [0.15, 0.2) is 0 Å². The minimum absolute atomic E-state index is 0.0524. The van der Waals surface area contributed by atoms with Gasteiger partial charge in [0.1, 0.15) is 0 Å². The van der Waals surface area contributed by atoms with Crippen LogP contribution in [0.25, 0.3) is 0 Å². The molecule has 0 radical (unpaired) electrons. The summed E-state index contributed by atoms with van der Waals surface area (Å²) in [6.45, 7) is 4.40. The Kier molecular flexibility index (Phi) is 3.98. The summed E-state index contributed by atoms with van der Waals surface area (Å²) in [5.41, 5.74) is 0. The minimum atomic E-state index is -0.280. The molecule has 1 aromatic heterocycles. The second-order valence-corrected chi connectivity index (χ2v) is 5.49. The zero-order valence-corrected chi connectivity index (χ0v) is 11.6. The molecule has 20 heavy (non-hydrogen) atoms. The Labute approximate surface area is 117 Å². The smallest absolute Gasteiger partial charge is 0.292 e. The molecule has 2 N–H and O–H groups in total. The molecule has 0 aromatic carbocycles. The molecule has 3 atom stereocenters. The summed E-state index contributed by atoms with van der Waals surface area (Å²) in [5.74, 6) is 0.697. The van der Waals surface area contributed by atoms with Crippen LogP contribution in [0.15, 0.2) is 4.52 Å². The lowest BCUT2D eigenvalue weighted by Crippen LogP contribution is -2.38. The first-order chi connectivity index (χ1) is 9.74. The molecule has 2 fully saturated rings. The predicted molar refractivity (Wildman–Crippen MR) is 70.1 cm³/mol. The van der Waals surface area contributed by atoms with Gasteiger partial charge in [-0.2, -0.15) is 4.98 Å². The lowest BCUT2D eigenvalue weighted by atomic mass is 10.0. The van der Waals surface area contributed by atoms with Crippen LogP contribution < -0.4 is 10.6 Å². The van der Waals surface area contributed by atoms with Crippen LogP contribution in [-0.2, 0) is 4.74 Å². The normalized spacial score (nSPS) is 27.6. The highest BCUT2D eigenvalue weighted by Gasteiger charge is 2.27. The quantitative estimate of drug-likeness (QED) is 0.841. The van der Waals surface area contributed by atoms with Crippen molar-refractivity contribution in [2.24, 2.45) is 5.92 Å². The summed E-state index contributed by atoms with van der Waals surface area (Å²) in [4.78, 5) is 16.3. The van der Waals surface area contributed by atoms with E-state index in [0.29, 0.717) is 18.4 Å². The van der Waals surface area contributed by atoms with Crippen LogP contribution in [0, 0.1) is 5.92 Å². The van der Waals surface area contributed by atoms with Crippen LogP contribution in [0.1, 0.15) is 48.7 Å². The molecular formula is C13H20N4O3. The molecule has 3 heterocycles. The van der Waals surface area contributed by atoms with E-state index in [1.165, 1.54) is 0 Å². The zero-order chi connectivity index (χ0) is 13.9. The van der Waals surface area contributed by atoms with E-state index < -0.39 is 0 Å².